The topological polar surface area (TPSA) is 36.9 Å². The zero-order valence-corrected chi connectivity index (χ0v) is 24.7. The van der Waals surface area contributed by atoms with Gasteiger partial charge in [-0.25, -0.2) is 0 Å². The second-order valence-corrected chi connectivity index (χ2v) is 10.3. The van der Waals surface area contributed by atoms with Gasteiger partial charge >= 0.3 is 0 Å². The van der Waals surface area contributed by atoms with E-state index < -0.39 is 0 Å². The molecule has 0 aliphatic heterocycles. The molecule has 0 atom stereocenters. The maximum atomic E-state index is 6.09. The lowest BCUT2D eigenvalue weighted by Crippen LogP contribution is -2.19. The van der Waals surface area contributed by atoms with E-state index in [0.717, 1.165) is 51.9 Å². The Morgan fingerprint density at radius 1 is 0.500 bits per heavy atom. The van der Waals surface area contributed by atoms with Crippen LogP contribution in [-0.2, 0) is 18.9 Å². The van der Waals surface area contributed by atoms with Crippen LogP contribution in [0.1, 0.15) is 162 Å². The van der Waals surface area contributed by atoms with Crippen LogP contribution in [0.4, 0.5) is 0 Å². The molecule has 0 unspecified atom stereocenters. The van der Waals surface area contributed by atoms with Gasteiger partial charge in [0.25, 0.3) is 0 Å². The molecular formula is C32H64O4. The van der Waals surface area contributed by atoms with Crippen molar-refractivity contribution in [2.75, 3.05) is 26.6 Å². The summed E-state index contributed by atoms with van der Waals surface area (Å²) >= 11 is 0. The molecule has 0 fully saturated rings. The molecule has 0 spiro atoms. The first-order valence-electron chi connectivity index (χ1n) is 15.9. The molecule has 0 aromatic heterocycles. The number of unbranched alkanes of at least 4 members (excludes halogenated alkanes) is 17. The highest BCUT2D eigenvalue weighted by molar-refractivity contribution is 4.72. The number of allylic oxidation sites excluding steroid dienone is 1. The van der Waals surface area contributed by atoms with Crippen molar-refractivity contribution in [2.45, 2.75) is 168 Å². The molecule has 216 valence electrons. The van der Waals surface area contributed by atoms with Crippen LogP contribution in [0.25, 0.3) is 0 Å². The monoisotopic (exact) mass is 512 g/mol. The first-order valence-corrected chi connectivity index (χ1v) is 15.9. The highest BCUT2D eigenvalue weighted by Crippen LogP contribution is 2.14. The van der Waals surface area contributed by atoms with Gasteiger partial charge in [0.15, 0.2) is 13.1 Å². The van der Waals surface area contributed by atoms with Gasteiger partial charge in [-0.3, -0.25) is 0 Å². The van der Waals surface area contributed by atoms with Crippen molar-refractivity contribution in [1.29, 1.82) is 0 Å². The molecule has 0 radical (unpaired) electrons. The summed E-state index contributed by atoms with van der Waals surface area (Å²) in [7, 11) is 0. The van der Waals surface area contributed by atoms with Crippen LogP contribution in [0.2, 0.25) is 0 Å². The van der Waals surface area contributed by atoms with E-state index in [4.69, 9.17) is 18.9 Å². The molecule has 0 rings (SSSR count). The predicted octanol–water partition coefficient (Wildman–Crippen LogP) is 10.5. The van der Waals surface area contributed by atoms with Crippen LogP contribution in [-0.4, -0.2) is 32.9 Å². The largest absolute Gasteiger partial charge is 0.475 e. The lowest BCUT2D eigenvalue weighted by molar-refractivity contribution is -0.148. The second kappa shape index (κ2) is 32.4. The van der Waals surface area contributed by atoms with Crippen LogP contribution in [0, 0.1) is 0 Å². The summed E-state index contributed by atoms with van der Waals surface area (Å²) < 4.78 is 23.1. The van der Waals surface area contributed by atoms with Crippen molar-refractivity contribution in [3.63, 3.8) is 0 Å². The highest BCUT2D eigenvalue weighted by atomic mass is 16.7. The lowest BCUT2D eigenvalue weighted by atomic mass is 10.1. The van der Waals surface area contributed by atoms with E-state index in [1.54, 1.807) is 0 Å². The molecule has 0 bridgehead atoms. The Morgan fingerprint density at radius 2 is 0.972 bits per heavy atom. The van der Waals surface area contributed by atoms with Crippen LogP contribution < -0.4 is 0 Å². The summed E-state index contributed by atoms with van der Waals surface area (Å²) in [5.41, 5.74) is 0. The Morgan fingerprint density at radius 3 is 1.58 bits per heavy atom. The molecule has 0 saturated heterocycles. The third-order valence-corrected chi connectivity index (χ3v) is 6.65. The summed E-state index contributed by atoms with van der Waals surface area (Å²) in [6.07, 6.45) is 31.6. The van der Waals surface area contributed by atoms with Gasteiger partial charge in [0.2, 0.25) is 0 Å². The predicted molar refractivity (Wildman–Crippen MR) is 155 cm³/mol. The molecule has 4 heteroatoms. The van der Waals surface area contributed by atoms with Gasteiger partial charge < -0.3 is 18.9 Å². The zero-order chi connectivity index (χ0) is 26.2. The maximum Gasteiger partial charge on any atom is 0.188 e. The molecule has 0 aliphatic carbocycles. The fourth-order valence-corrected chi connectivity index (χ4v) is 4.25. The first kappa shape index (κ1) is 35.4. The molecule has 0 aromatic rings. The maximum absolute atomic E-state index is 6.09. The smallest absolute Gasteiger partial charge is 0.188 e. The standard InChI is InChI=1S/C32H64O4/c1-4-7-10-19-22-27-33-31-34-28-23-20-17-15-13-14-16-18-21-26-32(35-29-24-11-8-5-2)36-30-25-12-9-6-3/h23,28,32H,4-22,24-27,29-31H2,1-3H3. The third-order valence-electron chi connectivity index (χ3n) is 6.65. The van der Waals surface area contributed by atoms with E-state index in [2.05, 4.69) is 26.8 Å². The lowest BCUT2D eigenvalue weighted by Gasteiger charge is -2.19. The van der Waals surface area contributed by atoms with Gasteiger partial charge in [0.05, 0.1) is 12.9 Å². The Balaban J connectivity index is 3.56. The fraction of sp³-hybridized carbons (Fsp3) is 0.938. The number of hydrogen-bond donors (Lipinski definition) is 0. The van der Waals surface area contributed by atoms with E-state index in [1.165, 1.54) is 109 Å². The quantitative estimate of drug-likeness (QED) is 0.0526. The minimum absolute atomic E-state index is 0.0125. The fourth-order valence-electron chi connectivity index (χ4n) is 4.25. The number of hydrogen-bond acceptors (Lipinski definition) is 4. The Hall–Kier alpha value is -0.580. The van der Waals surface area contributed by atoms with E-state index in [0.29, 0.717) is 6.79 Å². The summed E-state index contributed by atoms with van der Waals surface area (Å²) in [4.78, 5) is 0. The number of ether oxygens (including phenoxy) is 4. The normalized spacial score (nSPS) is 11.8. The van der Waals surface area contributed by atoms with E-state index in [-0.39, 0.29) is 6.29 Å². The van der Waals surface area contributed by atoms with Crippen molar-refractivity contribution in [1.82, 2.24) is 0 Å². The van der Waals surface area contributed by atoms with Crippen molar-refractivity contribution in [2.24, 2.45) is 0 Å². The van der Waals surface area contributed by atoms with Crippen LogP contribution in [0.5, 0.6) is 0 Å². The molecular weight excluding hydrogens is 448 g/mol. The van der Waals surface area contributed by atoms with Gasteiger partial charge in [0.1, 0.15) is 0 Å². The molecule has 0 aromatic carbocycles. The Bertz CT molecular complexity index is 399. The highest BCUT2D eigenvalue weighted by Gasteiger charge is 2.09. The van der Waals surface area contributed by atoms with Crippen LogP contribution in [0.3, 0.4) is 0 Å². The molecule has 0 saturated carbocycles. The van der Waals surface area contributed by atoms with Crippen molar-refractivity contribution < 1.29 is 18.9 Å². The minimum atomic E-state index is 0.0125. The average molecular weight is 513 g/mol. The van der Waals surface area contributed by atoms with Crippen LogP contribution in [0.15, 0.2) is 12.3 Å². The minimum Gasteiger partial charge on any atom is -0.475 e. The van der Waals surface area contributed by atoms with Gasteiger partial charge in [-0.05, 0) is 51.0 Å². The van der Waals surface area contributed by atoms with Crippen molar-refractivity contribution >= 4 is 0 Å². The van der Waals surface area contributed by atoms with Gasteiger partial charge in [-0.2, -0.15) is 0 Å². The summed E-state index contributed by atoms with van der Waals surface area (Å²) in [6.45, 7) is 9.66. The molecule has 0 amide bonds. The van der Waals surface area contributed by atoms with Crippen LogP contribution >= 0.6 is 0 Å². The second-order valence-electron chi connectivity index (χ2n) is 10.3. The van der Waals surface area contributed by atoms with E-state index in [9.17, 15) is 0 Å². The van der Waals surface area contributed by atoms with Gasteiger partial charge in [-0.15, -0.1) is 0 Å². The Kier molecular flexibility index (Phi) is 31.9. The summed E-state index contributed by atoms with van der Waals surface area (Å²) in [5, 5.41) is 0. The Labute approximate surface area is 226 Å². The van der Waals surface area contributed by atoms with Crippen molar-refractivity contribution in [3.05, 3.63) is 12.3 Å². The van der Waals surface area contributed by atoms with Gasteiger partial charge in [0, 0.05) is 13.2 Å². The van der Waals surface area contributed by atoms with Crippen molar-refractivity contribution in [3.8, 4) is 0 Å². The van der Waals surface area contributed by atoms with E-state index >= 15 is 0 Å². The molecule has 4 nitrogen and oxygen atoms in total. The number of rotatable bonds is 31. The van der Waals surface area contributed by atoms with Gasteiger partial charge in [-0.1, -0.05) is 117 Å². The molecule has 0 heterocycles. The molecule has 36 heavy (non-hydrogen) atoms. The third kappa shape index (κ3) is 29.6. The first-order chi connectivity index (χ1) is 17.8. The average Bonchev–Trinajstić information content (AvgIpc) is 2.89. The summed E-state index contributed by atoms with van der Waals surface area (Å²) in [5.74, 6) is 0. The SMILES string of the molecule is CCCCCCCOCOC=CCCCCCCCCCC(OCCCCCC)OCCCCCC. The van der Waals surface area contributed by atoms with E-state index in [1.807, 2.05) is 6.26 Å². The zero-order valence-electron chi connectivity index (χ0n) is 24.7. The summed E-state index contributed by atoms with van der Waals surface area (Å²) in [6, 6.07) is 0. The molecule has 0 aliphatic rings. The molecule has 0 N–H and O–H groups in total.